The first kappa shape index (κ1) is 16.4. The minimum atomic E-state index is -0.355. The van der Waals surface area contributed by atoms with E-state index in [0.717, 1.165) is 19.3 Å². The third-order valence-electron chi connectivity index (χ3n) is 2.67. The standard InChI is InChI=1S/C14H28O3/c1-4-7-8-9-10-12-17-13(11-5-2)14(15)16-6-3/h13H,4-12H2,1-3H3. The zero-order chi connectivity index (χ0) is 12.9. The second kappa shape index (κ2) is 11.9. The van der Waals surface area contributed by atoms with Crippen molar-refractivity contribution in [3.8, 4) is 0 Å². The molecule has 0 aliphatic rings. The molecule has 0 aromatic rings. The Morgan fingerprint density at radius 3 is 2.29 bits per heavy atom. The summed E-state index contributed by atoms with van der Waals surface area (Å²) in [5.74, 6) is -0.206. The molecule has 3 nitrogen and oxygen atoms in total. The van der Waals surface area contributed by atoms with Crippen molar-refractivity contribution in [3.63, 3.8) is 0 Å². The Kier molecular flexibility index (Phi) is 11.5. The van der Waals surface area contributed by atoms with Crippen LogP contribution in [0.1, 0.15) is 65.7 Å². The summed E-state index contributed by atoms with van der Waals surface area (Å²) in [6.45, 7) is 7.18. The van der Waals surface area contributed by atoms with Crippen molar-refractivity contribution in [3.05, 3.63) is 0 Å². The summed E-state index contributed by atoms with van der Waals surface area (Å²) in [5, 5.41) is 0. The normalized spacial score (nSPS) is 12.4. The fourth-order valence-electron chi connectivity index (χ4n) is 1.70. The third-order valence-corrected chi connectivity index (χ3v) is 2.67. The summed E-state index contributed by atoms with van der Waals surface area (Å²) in [5.41, 5.74) is 0. The van der Waals surface area contributed by atoms with E-state index in [4.69, 9.17) is 9.47 Å². The minimum absolute atomic E-state index is 0.206. The number of ether oxygens (including phenoxy) is 2. The molecule has 0 aromatic heterocycles. The predicted octanol–water partition coefficient (Wildman–Crippen LogP) is 3.71. The Morgan fingerprint density at radius 1 is 1.00 bits per heavy atom. The molecule has 0 saturated heterocycles. The molecule has 0 bridgehead atoms. The molecule has 1 atom stereocenters. The van der Waals surface area contributed by atoms with E-state index in [9.17, 15) is 4.79 Å². The van der Waals surface area contributed by atoms with Gasteiger partial charge in [-0.25, -0.2) is 4.79 Å². The van der Waals surface area contributed by atoms with Crippen molar-refractivity contribution < 1.29 is 14.3 Å². The van der Waals surface area contributed by atoms with Gasteiger partial charge in [0.2, 0.25) is 0 Å². The number of rotatable bonds is 11. The molecule has 0 aliphatic carbocycles. The van der Waals surface area contributed by atoms with Gasteiger partial charge in [-0.15, -0.1) is 0 Å². The number of esters is 1. The first-order chi connectivity index (χ1) is 8.26. The smallest absolute Gasteiger partial charge is 0.335 e. The average Bonchev–Trinajstić information content (AvgIpc) is 2.32. The number of carbonyl (C=O) groups is 1. The summed E-state index contributed by atoms with van der Waals surface area (Å²) in [7, 11) is 0. The number of unbranched alkanes of at least 4 members (excludes halogenated alkanes) is 4. The molecular formula is C14H28O3. The van der Waals surface area contributed by atoms with E-state index >= 15 is 0 Å². The van der Waals surface area contributed by atoms with Crippen LogP contribution in [0.4, 0.5) is 0 Å². The molecule has 0 spiro atoms. The molecule has 0 rings (SSSR count). The highest BCUT2D eigenvalue weighted by atomic mass is 16.6. The van der Waals surface area contributed by atoms with E-state index in [1.54, 1.807) is 0 Å². The van der Waals surface area contributed by atoms with Gasteiger partial charge in [-0.1, -0.05) is 46.0 Å². The Hall–Kier alpha value is -0.570. The van der Waals surface area contributed by atoms with Crippen molar-refractivity contribution in [2.24, 2.45) is 0 Å². The van der Waals surface area contributed by atoms with Crippen molar-refractivity contribution in [1.29, 1.82) is 0 Å². The summed E-state index contributed by atoms with van der Waals surface area (Å²) < 4.78 is 10.6. The van der Waals surface area contributed by atoms with Crippen LogP contribution in [-0.4, -0.2) is 25.3 Å². The van der Waals surface area contributed by atoms with E-state index in [2.05, 4.69) is 13.8 Å². The van der Waals surface area contributed by atoms with Gasteiger partial charge in [0.15, 0.2) is 6.10 Å². The second-order valence-electron chi connectivity index (χ2n) is 4.31. The predicted molar refractivity (Wildman–Crippen MR) is 70.0 cm³/mol. The topological polar surface area (TPSA) is 35.5 Å². The highest BCUT2D eigenvalue weighted by Gasteiger charge is 2.18. The lowest BCUT2D eigenvalue weighted by Gasteiger charge is -2.15. The van der Waals surface area contributed by atoms with Gasteiger partial charge in [-0.05, 0) is 19.8 Å². The maximum absolute atomic E-state index is 11.6. The van der Waals surface area contributed by atoms with Gasteiger partial charge in [0.1, 0.15) is 0 Å². The van der Waals surface area contributed by atoms with Gasteiger partial charge in [0.05, 0.1) is 6.61 Å². The highest BCUT2D eigenvalue weighted by Crippen LogP contribution is 2.08. The average molecular weight is 244 g/mol. The molecule has 0 aliphatic heterocycles. The van der Waals surface area contributed by atoms with E-state index in [-0.39, 0.29) is 12.1 Å². The van der Waals surface area contributed by atoms with Gasteiger partial charge in [-0.3, -0.25) is 0 Å². The van der Waals surface area contributed by atoms with E-state index in [0.29, 0.717) is 13.2 Å². The van der Waals surface area contributed by atoms with Gasteiger partial charge in [0, 0.05) is 6.61 Å². The van der Waals surface area contributed by atoms with Crippen LogP contribution in [0.3, 0.4) is 0 Å². The first-order valence-electron chi connectivity index (χ1n) is 7.04. The van der Waals surface area contributed by atoms with Crippen LogP contribution in [0.25, 0.3) is 0 Å². The lowest BCUT2D eigenvalue weighted by Crippen LogP contribution is -2.27. The fourth-order valence-corrected chi connectivity index (χ4v) is 1.70. The van der Waals surface area contributed by atoms with Crippen molar-refractivity contribution >= 4 is 5.97 Å². The van der Waals surface area contributed by atoms with Gasteiger partial charge in [-0.2, -0.15) is 0 Å². The quantitative estimate of drug-likeness (QED) is 0.410. The van der Waals surface area contributed by atoms with Crippen LogP contribution in [0.5, 0.6) is 0 Å². The molecule has 0 aromatic carbocycles. The molecule has 102 valence electrons. The zero-order valence-electron chi connectivity index (χ0n) is 11.7. The molecule has 0 amide bonds. The summed E-state index contributed by atoms with van der Waals surface area (Å²) in [6.07, 6.45) is 7.38. The van der Waals surface area contributed by atoms with E-state index in [1.165, 1.54) is 25.7 Å². The molecule has 0 heterocycles. The maximum Gasteiger partial charge on any atom is 0.335 e. The molecule has 0 fully saturated rings. The van der Waals surface area contributed by atoms with Crippen LogP contribution in [0.15, 0.2) is 0 Å². The third kappa shape index (κ3) is 9.16. The molecule has 0 saturated carbocycles. The SMILES string of the molecule is CCCCCCCOC(CCC)C(=O)OCC. The van der Waals surface area contributed by atoms with Gasteiger partial charge in [0.25, 0.3) is 0 Å². The summed E-state index contributed by atoms with van der Waals surface area (Å²) in [4.78, 5) is 11.6. The Morgan fingerprint density at radius 2 is 1.71 bits per heavy atom. The van der Waals surface area contributed by atoms with Crippen molar-refractivity contribution in [2.45, 2.75) is 71.8 Å². The lowest BCUT2D eigenvalue weighted by molar-refractivity contribution is -0.157. The van der Waals surface area contributed by atoms with Crippen LogP contribution in [0.2, 0.25) is 0 Å². The molecule has 0 radical (unpaired) electrons. The fraction of sp³-hybridized carbons (Fsp3) is 0.929. The Labute approximate surface area is 106 Å². The molecule has 0 N–H and O–H groups in total. The van der Waals surface area contributed by atoms with Crippen molar-refractivity contribution in [2.75, 3.05) is 13.2 Å². The van der Waals surface area contributed by atoms with Crippen molar-refractivity contribution in [1.82, 2.24) is 0 Å². The van der Waals surface area contributed by atoms with Gasteiger partial charge >= 0.3 is 5.97 Å². The van der Waals surface area contributed by atoms with Crippen LogP contribution < -0.4 is 0 Å². The molecule has 17 heavy (non-hydrogen) atoms. The number of hydrogen-bond donors (Lipinski definition) is 0. The number of carbonyl (C=O) groups excluding carboxylic acids is 1. The maximum atomic E-state index is 11.6. The summed E-state index contributed by atoms with van der Waals surface area (Å²) >= 11 is 0. The zero-order valence-corrected chi connectivity index (χ0v) is 11.7. The molecule has 3 heteroatoms. The second-order valence-corrected chi connectivity index (χ2v) is 4.31. The van der Waals surface area contributed by atoms with Crippen LogP contribution >= 0.6 is 0 Å². The molecule has 1 unspecified atom stereocenters. The Bertz CT molecular complexity index is 180. The first-order valence-corrected chi connectivity index (χ1v) is 7.04. The van der Waals surface area contributed by atoms with Crippen LogP contribution in [-0.2, 0) is 14.3 Å². The largest absolute Gasteiger partial charge is 0.464 e. The minimum Gasteiger partial charge on any atom is -0.464 e. The monoisotopic (exact) mass is 244 g/mol. The molecular weight excluding hydrogens is 216 g/mol. The lowest BCUT2D eigenvalue weighted by atomic mass is 10.1. The highest BCUT2D eigenvalue weighted by molar-refractivity contribution is 5.74. The summed E-state index contributed by atoms with van der Waals surface area (Å²) in [6, 6.07) is 0. The Balaban J connectivity index is 3.65. The van der Waals surface area contributed by atoms with E-state index in [1.807, 2.05) is 6.92 Å². The van der Waals surface area contributed by atoms with Gasteiger partial charge < -0.3 is 9.47 Å². The number of hydrogen-bond acceptors (Lipinski definition) is 3. The van der Waals surface area contributed by atoms with Crippen LogP contribution in [0, 0.1) is 0 Å². The van der Waals surface area contributed by atoms with E-state index < -0.39 is 0 Å².